The fourth-order valence-corrected chi connectivity index (χ4v) is 2.19. The Kier molecular flexibility index (Phi) is 3.78. The number of aliphatic hydroxyl groups is 1. The number of rotatable bonds is 3. The molecule has 1 aromatic carbocycles. The van der Waals surface area contributed by atoms with E-state index in [1.165, 1.54) is 0 Å². The summed E-state index contributed by atoms with van der Waals surface area (Å²) in [6.07, 6.45) is -0.703. The molecular weight excluding hydrogens is 238 g/mol. The number of benzene rings is 1. The monoisotopic (exact) mass is 253 g/mol. The van der Waals surface area contributed by atoms with Gasteiger partial charge in [0.25, 0.3) is 0 Å². The standard InChI is InChI=1S/C12H15NO5/c1-17-9-4-2-8(3-5-9)10-6-12(14)18-7-11(10)13(15)16/h2-5,10-12,14H,6-7H2,1H3/t10-,11+,12+/m0/s1. The summed E-state index contributed by atoms with van der Waals surface area (Å²) in [4.78, 5) is 10.6. The molecule has 18 heavy (non-hydrogen) atoms. The van der Waals surface area contributed by atoms with Gasteiger partial charge in [-0.1, -0.05) is 12.1 Å². The number of hydrogen-bond acceptors (Lipinski definition) is 5. The van der Waals surface area contributed by atoms with Crippen LogP contribution in [0.4, 0.5) is 0 Å². The van der Waals surface area contributed by atoms with Gasteiger partial charge in [-0.2, -0.15) is 0 Å². The third-order valence-corrected chi connectivity index (χ3v) is 3.19. The molecule has 0 aromatic heterocycles. The summed E-state index contributed by atoms with van der Waals surface area (Å²) < 4.78 is 9.98. The molecule has 0 aliphatic carbocycles. The summed E-state index contributed by atoms with van der Waals surface area (Å²) in [5.41, 5.74) is 0.819. The zero-order valence-corrected chi connectivity index (χ0v) is 9.98. The maximum Gasteiger partial charge on any atom is 0.243 e. The van der Waals surface area contributed by atoms with Gasteiger partial charge in [0.15, 0.2) is 6.29 Å². The molecule has 1 saturated heterocycles. The largest absolute Gasteiger partial charge is 0.497 e. The van der Waals surface area contributed by atoms with E-state index in [9.17, 15) is 15.2 Å². The summed E-state index contributed by atoms with van der Waals surface area (Å²) >= 11 is 0. The Morgan fingerprint density at radius 3 is 2.67 bits per heavy atom. The number of aliphatic hydroxyl groups excluding tert-OH is 1. The van der Waals surface area contributed by atoms with Crippen LogP contribution in [0.5, 0.6) is 5.75 Å². The number of methoxy groups -OCH3 is 1. The van der Waals surface area contributed by atoms with E-state index in [1.54, 1.807) is 31.4 Å². The van der Waals surface area contributed by atoms with Crippen molar-refractivity contribution in [1.82, 2.24) is 0 Å². The fraction of sp³-hybridized carbons (Fsp3) is 0.500. The second kappa shape index (κ2) is 5.32. The molecule has 0 bridgehead atoms. The van der Waals surface area contributed by atoms with E-state index in [-0.39, 0.29) is 23.9 Å². The Balaban J connectivity index is 2.23. The van der Waals surface area contributed by atoms with Crippen molar-refractivity contribution in [1.29, 1.82) is 0 Å². The molecule has 1 N–H and O–H groups in total. The highest BCUT2D eigenvalue weighted by Gasteiger charge is 2.39. The van der Waals surface area contributed by atoms with Crippen LogP contribution in [0.25, 0.3) is 0 Å². The molecule has 0 radical (unpaired) electrons. The van der Waals surface area contributed by atoms with E-state index < -0.39 is 12.3 Å². The molecule has 0 amide bonds. The molecule has 1 aromatic rings. The first-order chi connectivity index (χ1) is 8.61. The lowest BCUT2D eigenvalue weighted by Gasteiger charge is -2.29. The van der Waals surface area contributed by atoms with Crippen LogP contribution in [0.15, 0.2) is 24.3 Å². The third-order valence-electron chi connectivity index (χ3n) is 3.19. The molecule has 0 saturated carbocycles. The molecule has 6 nitrogen and oxygen atoms in total. The smallest absolute Gasteiger partial charge is 0.243 e. The van der Waals surface area contributed by atoms with E-state index in [4.69, 9.17) is 9.47 Å². The first-order valence-corrected chi connectivity index (χ1v) is 5.69. The first-order valence-electron chi connectivity index (χ1n) is 5.69. The molecule has 1 fully saturated rings. The molecule has 6 heteroatoms. The van der Waals surface area contributed by atoms with Crippen molar-refractivity contribution in [3.8, 4) is 5.75 Å². The van der Waals surface area contributed by atoms with E-state index in [0.29, 0.717) is 5.75 Å². The lowest BCUT2D eigenvalue weighted by molar-refractivity contribution is -0.538. The third kappa shape index (κ3) is 2.60. The predicted octanol–water partition coefficient (Wildman–Crippen LogP) is 1.16. The average molecular weight is 253 g/mol. The molecule has 0 unspecified atom stereocenters. The van der Waals surface area contributed by atoms with Gasteiger partial charge in [-0.15, -0.1) is 0 Å². The van der Waals surface area contributed by atoms with Crippen molar-refractivity contribution < 1.29 is 19.5 Å². The number of ether oxygens (including phenoxy) is 2. The van der Waals surface area contributed by atoms with Crippen LogP contribution in [-0.4, -0.2) is 36.1 Å². The summed E-state index contributed by atoms with van der Waals surface area (Å²) in [5.74, 6) is 0.360. The van der Waals surface area contributed by atoms with Gasteiger partial charge in [0.05, 0.1) is 13.0 Å². The SMILES string of the molecule is COc1ccc([C@@H]2C[C@H](O)OC[C@H]2[N+](=O)[O-])cc1. The molecule has 1 aliphatic rings. The maximum atomic E-state index is 11.0. The van der Waals surface area contributed by atoms with Crippen molar-refractivity contribution in [2.45, 2.75) is 24.7 Å². The second-order valence-corrected chi connectivity index (χ2v) is 4.26. The second-order valence-electron chi connectivity index (χ2n) is 4.26. The normalized spacial score (nSPS) is 27.8. The Bertz CT molecular complexity index is 419. The van der Waals surface area contributed by atoms with Crippen LogP contribution in [0.1, 0.15) is 17.9 Å². The lowest BCUT2D eigenvalue weighted by Crippen LogP contribution is -2.40. The first kappa shape index (κ1) is 12.8. The van der Waals surface area contributed by atoms with Crippen LogP contribution in [0, 0.1) is 10.1 Å². The van der Waals surface area contributed by atoms with Crippen molar-refractivity contribution in [2.75, 3.05) is 13.7 Å². The minimum absolute atomic E-state index is 0.0646. The number of nitrogens with zero attached hydrogens (tertiary/aromatic N) is 1. The van der Waals surface area contributed by atoms with Gasteiger partial charge in [0.2, 0.25) is 6.04 Å². The van der Waals surface area contributed by atoms with Gasteiger partial charge < -0.3 is 14.6 Å². The molecule has 1 aliphatic heterocycles. The van der Waals surface area contributed by atoms with Gasteiger partial charge >= 0.3 is 0 Å². The Hall–Kier alpha value is -1.66. The number of nitro groups is 1. The van der Waals surface area contributed by atoms with E-state index in [1.807, 2.05) is 0 Å². The molecule has 0 spiro atoms. The topological polar surface area (TPSA) is 81.8 Å². The van der Waals surface area contributed by atoms with Crippen LogP contribution in [0.2, 0.25) is 0 Å². The molecule has 3 atom stereocenters. The predicted molar refractivity (Wildman–Crippen MR) is 63.1 cm³/mol. The highest BCUT2D eigenvalue weighted by atomic mass is 16.6. The van der Waals surface area contributed by atoms with Gasteiger partial charge in [-0.25, -0.2) is 0 Å². The van der Waals surface area contributed by atoms with Crippen molar-refractivity contribution in [3.05, 3.63) is 39.9 Å². The van der Waals surface area contributed by atoms with Crippen LogP contribution >= 0.6 is 0 Å². The van der Waals surface area contributed by atoms with E-state index in [2.05, 4.69) is 0 Å². The van der Waals surface area contributed by atoms with Crippen LogP contribution in [0.3, 0.4) is 0 Å². The van der Waals surface area contributed by atoms with Crippen molar-refractivity contribution >= 4 is 0 Å². The zero-order chi connectivity index (χ0) is 13.1. The quantitative estimate of drug-likeness (QED) is 0.645. The lowest BCUT2D eigenvalue weighted by atomic mass is 9.87. The minimum Gasteiger partial charge on any atom is -0.497 e. The highest BCUT2D eigenvalue weighted by Crippen LogP contribution is 2.32. The summed E-state index contributed by atoms with van der Waals surface area (Å²) in [7, 11) is 1.56. The van der Waals surface area contributed by atoms with Gasteiger partial charge in [0.1, 0.15) is 12.4 Å². The van der Waals surface area contributed by atoms with Crippen LogP contribution < -0.4 is 4.74 Å². The van der Waals surface area contributed by atoms with E-state index >= 15 is 0 Å². The zero-order valence-electron chi connectivity index (χ0n) is 9.98. The molecular formula is C12H15NO5. The van der Waals surface area contributed by atoms with Gasteiger partial charge in [0, 0.05) is 11.3 Å². The van der Waals surface area contributed by atoms with E-state index in [0.717, 1.165) is 5.56 Å². The Morgan fingerprint density at radius 1 is 1.44 bits per heavy atom. The van der Waals surface area contributed by atoms with Gasteiger partial charge in [-0.05, 0) is 17.7 Å². The average Bonchev–Trinajstić information content (AvgIpc) is 2.38. The maximum absolute atomic E-state index is 11.0. The summed E-state index contributed by atoms with van der Waals surface area (Å²) in [6, 6.07) is 6.28. The van der Waals surface area contributed by atoms with Crippen molar-refractivity contribution in [3.63, 3.8) is 0 Å². The molecule has 2 rings (SSSR count). The molecule has 1 heterocycles. The minimum atomic E-state index is -0.937. The van der Waals surface area contributed by atoms with Gasteiger partial charge in [-0.3, -0.25) is 10.1 Å². The molecule has 98 valence electrons. The Morgan fingerprint density at radius 2 is 2.11 bits per heavy atom. The van der Waals surface area contributed by atoms with Crippen molar-refractivity contribution in [2.24, 2.45) is 0 Å². The summed E-state index contributed by atoms with van der Waals surface area (Å²) in [5, 5.41) is 20.5. The summed E-state index contributed by atoms with van der Waals surface area (Å²) in [6.45, 7) is -0.0646. The van der Waals surface area contributed by atoms with Crippen LogP contribution in [-0.2, 0) is 4.74 Å². The Labute approximate surface area is 104 Å². The fourth-order valence-electron chi connectivity index (χ4n) is 2.19. The number of hydrogen-bond donors (Lipinski definition) is 1. The highest BCUT2D eigenvalue weighted by molar-refractivity contribution is 5.30.